The molecule has 6 heteroatoms. The maximum atomic E-state index is 10.9. The fourth-order valence-electron chi connectivity index (χ4n) is 1.47. The minimum atomic E-state index is -1.01. The highest BCUT2D eigenvalue weighted by Crippen LogP contribution is 2.25. The van der Waals surface area contributed by atoms with E-state index in [-0.39, 0.29) is 11.7 Å². The molecule has 2 rings (SSSR count). The zero-order chi connectivity index (χ0) is 11.0. The van der Waals surface area contributed by atoms with Crippen molar-refractivity contribution in [1.29, 1.82) is 0 Å². The van der Waals surface area contributed by atoms with Crippen LogP contribution in [0.1, 0.15) is 10.4 Å². The number of anilines is 1. The third kappa shape index (κ3) is 1.95. The van der Waals surface area contributed by atoms with E-state index in [1.54, 1.807) is 11.1 Å². The number of aromatic nitrogens is 1. The molecule has 1 aliphatic heterocycles. The van der Waals surface area contributed by atoms with Crippen LogP contribution in [0, 0.1) is 0 Å². The molecule has 0 spiro atoms. The summed E-state index contributed by atoms with van der Waals surface area (Å²) in [5, 5.41) is 18.1. The molecule has 0 bridgehead atoms. The molecule has 1 aromatic rings. The number of pyridine rings is 1. The first-order valence-electron chi connectivity index (χ1n) is 4.40. The van der Waals surface area contributed by atoms with Crippen molar-refractivity contribution in [2.75, 3.05) is 18.0 Å². The van der Waals surface area contributed by atoms with E-state index in [1.807, 2.05) is 0 Å². The summed E-state index contributed by atoms with van der Waals surface area (Å²) < 4.78 is 0.629. The zero-order valence-electron chi connectivity index (χ0n) is 7.72. The Hall–Kier alpha value is -1.14. The molecule has 0 radical (unpaired) electrons. The Morgan fingerprint density at radius 2 is 2.27 bits per heavy atom. The molecule has 2 N–H and O–H groups in total. The zero-order valence-corrected chi connectivity index (χ0v) is 9.31. The predicted octanol–water partition coefficient (Wildman–Crippen LogP) is 0.723. The lowest BCUT2D eigenvalue weighted by Crippen LogP contribution is -2.51. The van der Waals surface area contributed by atoms with Crippen LogP contribution >= 0.6 is 15.9 Å². The Kier molecular flexibility index (Phi) is 2.62. The summed E-state index contributed by atoms with van der Waals surface area (Å²) in [6.45, 7) is 0.879. The molecule has 1 saturated heterocycles. The van der Waals surface area contributed by atoms with Crippen LogP contribution in [0.3, 0.4) is 0 Å². The normalized spacial score (nSPS) is 16.3. The highest BCUT2D eigenvalue weighted by molar-refractivity contribution is 9.10. The fraction of sp³-hybridized carbons (Fsp3) is 0.333. The van der Waals surface area contributed by atoms with Crippen LogP contribution in [-0.4, -0.2) is 40.4 Å². The van der Waals surface area contributed by atoms with Crippen LogP contribution in [-0.2, 0) is 0 Å². The van der Waals surface area contributed by atoms with Crippen molar-refractivity contribution >= 4 is 27.7 Å². The number of carbonyl (C=O) groups is 1. The molecular formula is C9H9BrN2O3. The van der Waals surface area contributed by atoms with Gasteiger partial charge in [-0.15, -0.1) is 0 Å². The van der Waals surface area contributed by atoms with Crippen LogP contribution in [0.15, 0.2) is 16.7 Å². The van der Waals surface area contributed by atoms with Gasteiger partial charge in [-0.25, -0.2) is 9.78 Å². The standard InChI is InChI=1S/C9H9BrN2O3/c10-5-1-7(9(14)15)8(11-2-5)12-3-6(13)4-12/h1-2,6,13H,3-4H2,(H,14,15). The van der Waals surface area contributed by atoms with Crippen molar-refractivity contribution in [2.45, 2.75) is 6.10 Å². The van der Waals surface area contributed by atoms with Gasteiger partial charge in [-0.1, -0.05) is 0 Å². The van der Waals surface area contributed by atoms with Crippen LogP contribution < -0.4 is 4.90 Å². The van der Waals surface area contributed by atoms with E-state index in [2.05, 4.69) is 20.9 Å². The van der Waals surface area contributed by atoms with Gasteiger partial charge in [-0.3, -0.25) is 0 Å². The van der Waals surface area contributed by atoms with Crippen molar-refractivity contribution in [3.63, 3.8) is 0 Å². The van der Waals surface area contributed by atoms with Gasteiger partial charge in [0, 0.05) is 23.8 Å². The summed E-state index contributed by atoms with van der Waals surface area (Å²) >= 11 is 3.17. The predicted molar refractivity (Wildman–Crippen MR) is 57.1 cm³/mol. The number of β-amino-alcohol motifs (C(OH)–C–C–N with tert-alkyl or cyclic N) is 1. The molecule has 0 amide bonds. The molecule has 0 aliphatic carbocycles. The average Bonchev–Trinajstić information content (AvgIpc) is 2.13. The largest absolute Gasteiger partial charge is 0.478 e. The molecule has 0 saturated carbocycles. The van der Waals surface area contributed by atoms with Crippen molar-refractivity contribution in [3.8, 4) is 0 Å². The first-order valence-corrected chi connectivity index (χ1v) is 5.19. The van der Waals surface area contributed by atoms with Gasteiger partial charge in [0.25, 0.3) is 0 Å². The topological polar surface area (TPSA) is 73.7 Å². The number of aliphatic hydroxyl groups excluding tert-OH is 1. The monoisotopic (exact) mass is 272 g/mol. The van der Waals surface area contributed by atoms with Gasteiger partial charge in [-0.05, 0) is 22.0 Å². The summed E-state index contributed by atoms with van der Waals surface area (Å²) in [7, 11) is 0. The third-order valence-electron chi connectivity index (χ3n) is 2.23. The molecule has 1 aliphatic rings. The molecule has 80 valence electrons. The van der Waals surface area contributed by atoms with Gasteiger partial charge in [0.1, 0.15) is 11.4 Å². The first kappa shape index (κ1) is 10.4. The van der Waals surface area contributed by atoms with Crippen molar-refractivity contribution < 1.29 is 15.0 Å². The fourth-order valence-corrected chi connectivity index (χ4v) is 1.80. The van der Waals surface area contributed by atoms with E-state index >= 15 is 0 Å². The number of carboxylic acids is 1. The van der Waals surface area contributed by atoms with Crippen molar-refractivity contribution in [1.82, 2.24) is 4.98 Å². The maximum absolute atomic E-state index is 10.9. The van der Waals surface area contributed by atoms with Crippen LogP contribution in [0.25, 0.3) is 0 Å². The smallest absolute Gasteiger partial charge is 0.339 e. The third-order valence-corrected chi connectivity index (χ3v) is 2.66. The molecule has 0 unspecified atom stereocenters. The molecule has 5 nitrogen and oxygen atoms in total. The maximum Gasteiger partial charge on any atom is 0.339 e. The second-order valence-electron chi connectivity index (χ2n) is 3.39. The highest BCUT2D eigenvalue weighted by Gasteiger charge is 2.28. The SMILES string of the molecule is O=C(O)c1cc(Br)cnc1N1CC(O)C1. The van der Waals surface area contributed by atoms with E-state index in [0.717, 1.165) is 0 Å². The number of hydrogen-bond acceptors (Lipinski definition) is 4. The van der Waals surface area contributed by atoms with Gasteiger partial charge in [0.2, 0.25) is 0 Å². The Labute approximate surface area is 94.5 Å². The Balaban J connectivity index is 2.34. The minimum absolute atomic E-state index is 0.149. The van der Waals surface area contributed by atoms with Gasteiger partial charge in [0.05, 0.1) is 6.10 Å². The van der Waals surface area contributed by atoms with Gasteiger partial charge in [0.15, 0.2) is 0 Å². The lowest BCUT2D eigenvalue weighted by atomic mass is 10.1. The van der Waals surface area contributed by atoms with Crippen LogP contribution in [0.4, 0.5) is 5.82 Å². The van der Waals surface area contributed by atoms with E-state index in [9.17, 15) is 4.79 Å². The summed E-state index contributed by atoms with van der Waals surface area (Å²) in [4.78, 5) is 16.7. The first-order chi connectivity index (χ1) is 7.08. The van der Waals surface area contributed by atoms with E-state index in [1.165, 1.54) is 6.07 Å². The summed E-state index contributed by atoms with van der Waals surface area (Å²) in [6.07, 6.45) is 1.17. The summed E-state index contributed by atoms with van der Waals surface area (Å²) in [6, 6.07) is 1.51. The molecule has 1 fully saturated rings. The van der Waals surface area contributed by atoms with E-state index in [4.69, 9.17) is 10.2 Å². The Bertz CT molecular complexity index is 404. The lowest BCUT2D eigenvalue weighted by Gasteiger charge is -2.37. The second-order valence-corrected chi connectivity index (χ2v) is 4.30. The molecule has 0 atom stereocenters. The number of nitrogens with zero attached hydrogens (tertiary/aromatic N) is 2. The molecule has 2 heterocycles. The Morgan fingerprint density at radius 1 is 1.60 bits per heavy atom. The van der Waals surface area contributed by atoms with Gasteiger partial charge < -0.3 is 15.1 Å². The number of carboxylic acid groups (broad SMARTS) is 1. The summed E-state index contributed by atoms with van der Waals surface area (Å²) in [5.41, 5.74) is 0.149. The number of rotatable bonds is 2. The van der Waals surface area contributed by atoms with Crippen LogP contribution in [0.2, 0.25) is 0 Å². The van der Waals surface area contributed by atoms with Gasteiger partial charge >= 0.3 is 5.97 Å². The van der Waals surface area contributed by atoms with Crippen molar-refractivity contribution in [2.24, 2.45) is 0 Å². The second kappa shape index (κ2) is 3.79. The molecule has 0 aromatic carbocycles. The average molecular weight is 273 g/mol. The molecular weight excluding hydrogens is 264 g/mol. The minimum Gasteiger partial charge on any atom is -0.478 e. The molecule has 1 aromatic heterocycles. The number of hydrogen-bond donors (Lipinski definition) is 2. The van der Waals surface area contributed by atoms with E-state index in [0.29, 0.717) is 23.4 Å². The lowest BCUT2D eigenvalue weighted by molar-refractivity contribution is 0.0695. The number of aromatic carboxylic acids is 1. The Morgan fingerprint density at radius 3 is 2.80 bits per heavy atom. The van der Waals surface area contributed by atoms with Crippen LogP contribution in [0.5, 0.6) is 0 Å². The van der Waals surface area contributed by atoms with Gasteiger partial charge in [-0.2, -0.15) is 0 Å². The van der Waals surface area contributed by atoms with E-state index < -0.39 is 5.97 Å². The summed E-state index contributed by atoms with van der Waals surface area (Å²) in [5.74, 6) is -0.601. The highest BCUT2D eigenvalue weighted by atomic mass is 79.9. The van der Waals surface area contributed by atoms with Crippen molar-refractivity contribution in [3.05, 3.63) is 22.3 Å². The number of halogens is 1. The number of aliphatic hydroxyl groups is 1. The quantitative estimate of drug-likeness (QED) is 0.830. The molecule has 15 heavy (non-hydrogen) atoms.